The summed E-state index contributed by atoms with van der Waals surface area (Å²) in [6.45, 7) is 3.22. The monoisotopic (exact) mass is 283 g/mol. The SMILES string of the molecule is CCOc1ccc(CCC(=O)NCc2ccccc2)cc1. The molecule has 0 aliphatic rings. The zero-order valence-corrected chi connectivity index (χ0v) is 12.3. The molecule has 1 amide bonds. The van der Waals surface area contributed by atoms with Crippen LogP contribution in [-0.4, -0.2) is 12.5 Å². The van der Waals surface area contributed by atoms with Crippen LogP contribution in [0.15, 0.2) is 54.6 Å². The van der Waals surface area contributed by atoms with Gasteiger partial charge in [-0.25, -0.2) is 0 Å². The Kier molecular flexibility index (Phi) is 5.83. The smallest absolute Gasteiger partial charge is 0.220 e. The Labute approximate surface area is 126 Å². The molecular formula is C18H21NO2. The van der Waals surface area contributed by atoms with E-state index in [9.17, 15) is 4.79 Å². The van der Waals surface area contributed by atoms with Crippen molar-refractivity contribution < 1.29 is 9.53 Å². The lowest BCUT2D eigenvalue weighted by atomic mass is 10.1. The van der Waals surface area contributed by atoms with Crippen molar-refractivity contribution in [3.63, 3.8) is 0 Å². The van der Waals surface area contributed by atoms with Crippen molar-refractivity contribution in [1.82, 2.24) is 5.32 Å². The lowest BCUT2D eigenvalue weighted by molar-refractivity contribution is -0.121. The highest BCUT2D eigenvalue weighted by molar-refractivity contribution is 5.76. The first kappa shape index (κ1) is 15.1. The number of benzene rings is 2. The minimum absolute atomic E-state index is 0.0766. The van der Waals surface area contributed by atoms with Crippen LogP contribution in [0.3, 0.4) is 0 Å². The first-order chi connectivity index (χ1) is 10.3. The van der Waals surface area contributed by atoms with E-state index in [4.69, 9.17) is 4.74 Å². The van der Waals surface area contributed by atoms with Gasteiger partial charge < -0.3 is 10.1 Å². The number of ether oxygens (including phenoxy) is 1. The van der Waals surface area contributed by atoms with Crippen molar-refractivity contribution in [2.45, 2.75) is 26.3 Å². The van der Waals surface area contributed by atoms with Crippen LogP contribution in [0, 0.1) is 0 Å². The van der Waals surface area contributed by atoms with Crippen molar-refractivity contribution in [2.24, 2.45) is 0 Å². The Balaban J connectivity index is 1.73. The molecule has 2 rings (SSSR count). The maximum Gasteiger partial charge on any atom is 0.220 e. The topological polar surface area (TPSA) is 38.3 Å². The van der Waals surface area contributed by atoms with Gasteiger partial charge in [-0.2, -0.15) is 0 Å². The summed E-state index contributed by atoms with van der Waals surface area (Å²) < 4.78 is 5.39. The molecule has 110 valence electrons. The van der Waals surface area contributed by atoms with Gasteiger partial charge in [0.1, 0.15) is 5.75 Å². The van der Waals surface area contributed by atoms with Gasteiger partial charge in [-0.1, -0.05) is 42.5 Å². The molecule has 0 saturated carbocycles. The number of nitrogens with one attached hydrogen (secondary N) is 1. The Morgan fingerprint density at radius 3 is 2.38 bits per heavy atom. The Bertz CT molecular complexity index is 549. The largest absolute Gasteiger partial charge is 0.494 e. The number of carbonyl (C=O) groups is 1. The molecular weight excluding hydrogens is 262 g/mol. The predicted octanol–water partition coefficient (Wildman–Crippen LogP) is 3.33. The molecule has 21 heavy (non-hydrogen) atoms. The van der Waals surface area contributed by atoms with Crippen molar-refractivity contribution in [1.29, 1.82) is 0 Å². The number of hydrogen-bond acceptors (Lipinski definition) is 2. The third-order valence-electron chi connectivity index (χ3n) is 3.21. The highest BCUT2D eigenvalue weighted by Gasteiger charge is 2.02. The van der Waals surface area contributed by atoms with Gasteiger partial charge >= 0.3 is 0 Å². The van der Waals surface area contributed by atoms with E-state index in [1.54, 1.807) is 0 Å². The Morgan fingerprint density at radius 1 is 1.00 bits per heavy atom. The van der Waals surface area contributed by atoms with Crippen LogP contribution < -0.4 is 10.1 Å². The lowest BCUT2D eigenvalue weighted by Crippen LogP contribution is -2.22. The van der Waals surface area contributed by atoms with E-state index in [0.29, 0.717) is 19.6 Å². The summed E-state index contributed by atoms with van der Waals surface area (Å²) in [5.41, 5.74) is 2.26. The average Bonchev–Trinajstić information content (AvgIpc) is 2.53. The molecule has 0 atom stereocenters. The van der Waals surface area contributed by atoms with Gasteiger partial charge in [0.05, 0.1) is 6.61 Å². The van der Waals surface area contributed by atoms with Crippen LogP contribution in [0.1, 0.15) is 24.5 Å². The van der Waals surface area contributed by atoms with Crippen molar-refractivity contribution in [2.75, 3.05) is 6.61 Å². The van der Waals surface area contributed by atoms with E-state index in [0.717, 1.165) is 23.3 Å². The van der Waals surface area contributed by atoms with Crippen LogP contribution in [0.5, 0.6) is 5.75 Å². The number of amides is 1. The molecule has 0 aliphatic heterocycles. The van der Waals surface area contributed by atoms with Gasteiger partial charge in [0, 0.05) is 13.0 Å². The standard InChI is InChI=1S/C18H21NO2/c1-2-21-17-11-8-15(9-12-17)10-13-18(20)19-14-16-6-4-3-5-7-16/h3-9,11-12H,2,10,13-14H2,1H3,(H,19,20). The van der Waals surface area contributed by atoms with E-state index in [1.165, 1.54) is 0 Å². The highest BCUT2D eigenvalue weighted by Crippen LogP contribution is 2.13. The van der Waals surface area contributed by atoms with Gasteiger partial charge in [-0.05, 0) is 36.6 Å². The molecule has 0 bridgehead atoms. The fourth-order valence-electron chi connectivity index (χ4n) is 2.06. The van der Waals surface area contributed by atoms with Crippen LogP contribution in [0.2, 0.25) is 0 Å². The molecule has 3 nitrogen and oxygen atoms in total. The molecule has 0 unspecified atom stereocenters. The number of hydrogen-bond donors (Lipinski definition) is 1. The zero-order valence-electron chi connectivity index (χ0n) is 12.3. The number of aryl methyl sites for hydroxylation is 1. The van der Waals surface area contributed by atoms with Crippen molar-refractivity contribution in [3.8, 4) is 5.75 Å². The van der Waals surface area contributed by atoms with Crippen LogP contribution >= 0.6 is 0 Å². The third-order valence-corrected chi connectivity index (χ3v) is 3.21. The first-order valence-corrected chi connectivity index (χ1v) is 7.30. The quantitative estimate of drug-likeness (QED) is 0.846. The summed E-state index contributed by atoms with van der Waals surface area (Å²) >= 11 is 0. The Morgan fingerprint density at radius 2 is 1.71 bits per heavy atom. The molecule has 3 heteroatoms. The van der Waals surface area contributed by atoms with Crippen LogP contribution in [0.25, 0.3) is 0 Å². The molecule has 1 N–H and O–H groups in total. The third kappa shape index (κ3) is 5.30. The minimum atomic E-state index is 0.0766. The summed E-state index contributed by atoms with van der Waals surface area (Å²) in [4.78, 5) is 11.8. The normalized spacial score (nSPS) is 10.1. The molecule has 0 fully saturated rings. The van der Waals surface area contributed by atoms with Gasteiger partial charge in [0.15, 0.2) is 0 Å². The maximum atomic E-state index is 11.8. The fourth-order valence-corrected chi connectivity index (χ4v) is 2.06. The van der Waals surface area contributed by atoms with E-state index in [2.05, 4.69) is 5.32 Å². The van der Waals surface area contributed by atoms with Crippen LogP contribution in [0.4, 0.5) is 0 Å². The molecule has 2 aromatic carbocycles. The second-order valence-corrected chi connectivity index (χ2v) is 4.84. The average molecular weight is 283 g/mol. The summed E-state index contributed by atoms with van der Waals surface area (Å²) in [7, 11) is 0. The van der Waals surface area contributed by atoms with E-state index >= 15 is 0 Å². The first-order valence-electron chi connectivity index (χ1n) is 7.30. The zero-order chi connectivity index (χ0) is 14.9. The van der Waals surface area contributed by atoms with Gasteiger partial charge in [0.25, 0.3) is 0 Å². The van der Waals surface area contributed by atoms with Crippen molar-refractivity contribution >= 4 is 5.91 Å². The van der Waals surface area contributed by atoms with Crippen molar-refractivity contribution in [3.05, 3.63) is 65.7 Å². The summed E-state index contributed by atoms with van der Waals surface area (Å²) in [5.74, 6) is 0.947. The van der Waals surface area contributed by atoms with E-state index < -0.39 is 0 Å². The molecule has 0 aromatic heterocycles. The molecule has 0 spiro atoms. The molecule has 0 saturated heterocycles. The Hall–Kier alpha value is -2.29. The second kappa shape index (κ2) is 8.10. The molecule has 2 aromatic rings. The van der Waals surface area contributed by atoms with Gasteiger partial charge in [0.2, 0.25) is 5.91 Å². The van der Waals surface area contributed by atoms with E-state index in [1.807, 2.05) is 61.5 Å². The number of carbonyl (C=O) groups excluding carboxylic acids is 1. The lowest BCUT2D eigenvalue weighted by Gasteiger charge is -2.06. The highest BCUT2D eigenvalue weighted by atomic mass is 16.5. The molecule has 0 aliphatic carbocycles. The summed E-state index contributed by atoms with van der Waals surface area (Å²) in [6, 6.07) is 17.8. The predicted molar refractivity (Wildman–Crippen MR) is 84.2 cm³/mol. The van der Waals surface area contributed by atoms with Gasteiger partial charge in [-0.3, -0.25) is 4.79 Å². The second-order valence-electron chi connectivity index (χ2n) is 4.84. The molecule has 0 heterocycles. The van der Waals surface area contributed by atoms with Crippen LogP contribution in [-0.2, 0) is 17.8 Å². The van der Waals surface area contributed by atoms with E-state index in [-0.39, 0.29) is 5.91 Å². The number of rotatable bonds is 7. The fraction of sp³-hybridized carbons (Fsp3) is 0.278. The van der Waals surface area contributed by atoms with Gasteiger partial charge in [-0.15, -0.1) is 0 Å². The minimum Gasteiger partial charge on any atom is -0.494 e. The summed E-state index contributed by atoms with van der Waals surface area (Å²) in [5, 5.41) is 2.94. The molecule has 0 radical (unpaired) electrons. The summed E-state index contributed by atoms with van der Waals surface area (Å²) in [6.07, 6.45) is 1.24. The maximum absolute atomic E-state index is 11.8.